The molecule has 0 spiro atoms. The summed E-state index contributed by atoms with van der Waals surface area (Å²) in [5.41, 5.74) is -0.378. The topological polar surface area (TPSA) is 45.5 Å². The number of rotatable bonds is 4. The molecule has 2 atom stereocenters. The Hall–Kier alpha value is -1.29. The van der Waals surface area contributed by atoms with Gasteiger partial charge >= 0.3 is 0 Å². The molecule has 0 bridgehead atoms. The largest absolute Gasteiger partial charge is 0.389 e. The highest BCUT2D eigenvalue weighted by atomic mass is 16.3. The third-order valence-electron chi connectivity index (χ3n) is 7.40. The molecule has 2 saturated carbocycles. The fraction of sp³-hybridized carbons (Fsp3) is 0.773. The maximum absolute atomic E-state index is 13.2. The van der Waals surface area contributed by atoms with Gasteiger partial charge in [0.2, 0.25) is 5.91 Å². The number of nitrogens with zero attached hydrogens (tertiary/aromatic N) is 2. The number of piperidine rings is 1. The van der Waals surface area contributed by atoms with E-state index in [4.69, 9.17) is 0 Å². The van der Waals surface area contributed by atoms with Crippen LogP contribution in [-0.2, 0) is 11.3 Å². The Morgan fingerprint density at radius 2 is 1.73 bits per heavy atom. The van der Waals surface area contributed by atoms with Crippen LogP contribution in [0.1, 0.15) is 70.6 Å². The first-order valence-corrected chi connectivity index (χ1v) is 10.7. The SMILES string of the molecule is O=C(CC1(Cn2cccc2)CCCCC1)N1CC[C@]2(O)CCCC[C@@H]2C1. The molecule has 1 N–H and O–H groups in total. The van der Waals surface area contributed by atoms with Gasteiger partial charge in [-0.1, -0.05) is 32.1 Å². The number of carbonyl (C=O) groups is 1. The van der Waals surface area contributed by atoms with Crippen molar-refractivity contribution in [3.05, 3.63) is 24.5 Å². The van der Waals surface area contributed by atoms with Crippen LogP contribution in [0.2, 0.25) is 0 Å². The summed E-state index contributed by atoms with van der Waals surface area (Å²) in [6.07, 6.45) is 16.2. The predicted octanol–water partition coefficient (Wildman–Crippen LogP) is 3.98. The number of aliphatic hydroxyl groups is 1. The monoisotopic (exact) mass is 358 g/mol. The number of likely N-dealkylation sites (tertiary alicyclic amines) is 1. The highest BCUT2D eigenvalue weighted by Gasteiger charge is 2.45. The predicted molar refractivity (Wildman–Crippen MR) is 103 cm³/mol. The Labute approximate surface area is 157 Å². The zero-order valence-corrected chi connectivity index (χ0v) is 16.0. The molecule has 1 amide bonds. The Morgan fingerprint density at radius 3 is 2.50 bits per heavy atom. The van der Waals surface area contributed by atoms with Gasteiger partial charge in [-0.2, -0.15) is 0 Å². The summed E-state index contributed by atoms with van der Waals surface area (Å²) in [5.74, 6) is 0.618. The molecule has 144 valence electrons. The van der Waals surface area contributed by atoms with Crippen LogP contribution in [0.5, 0.6) is 0 Å². The number of amides is 1. The van der Waals surface area contributed by atoms with Gasteiger partial charge in [0.1, 0.15) is 0 Å². The molecule has 0 unspecified atom stereocenters. The summed E-state index contributed by atoms with van der Waals surface area (Å²) in [7, 11) is 0. The van der Waals surface area contributed by atoms with Crippen LogP contribution in [0.25, 0.3) is 0 Å². The molecule has 0 aromatic carbocycles. The molecular weight excluding hydrogens is 324 g/mol. The molecule has 4 rings (SSSR count). The second kappa shape index (κ2) is 7.38. The summed E-state index contributed by atoms with van der Waals surface area (Å²) in [6, 6.07) is 4.15. The fourth-order valence-electron chi connectivity index (χ4n) is 5.79. The minimum Gasteiger partial charge on any atom is -0.389 e. The van der Waals surface area contributed by atoms with Gasteiger partial charge in [0.15, 0.2) is 0 Å². The number of carbonyl (C=O) groups excluding carboxylic acids is 1. The smallest absolute Gasteiger partial charge is 0.223 e. The molecule has 1 aromatic rings. The van der Waals surface area contributed by atoms with E-state index < -0.39 is 5.60 Å². The number of hydrogen-bond acceptors (Lipinski definition) is 2. The molecule has 3 aliphatic rings. The molecule has 0 radical (unpaired) electrons. The lowest BCUT2D eigenvalue weighted by Crippen LogP contribution is -2.55. The average Bonchev–Trinajstić information content (AvgIpc) is 3.14. The van der Waals surface area contributed by atoms with Crippen LogP contribution >= 0.6 is 0 Å². The normalized spacial score (nSPS) is 31.4. The molecule has 1 aromatic heterocycles. The Bertz CT molecular complexity index is 606. The molecule has 3 fully saturated rings. The van der Waals surface area contributed by atoms with Gasteiger partial charge in [0, 0.05) is 44.4 Å². The summed E-state index contributed by atoms with van der Waals surface area (Å²) < 4.78 is 2.26. The third-order valence-corrected chi connectivity index (χ3v) is 7.40. The molecule has 4 heteroatoms. The van der Waals surface area contributed by atoms with E-state index >= 15 is 0 Å². The lowest BCUT2D eigenvalue weighted by atomic mass is 9.69. The Morgan fingerprint density at radius 1 is 1.00 bits per heavy atom. The molecule has 2 aliphatic carbocycles. The van der Waals surface area contributed by atoms with Gasteiger partial charge in [0.25, 0.3) is 0 Å². The van der Waals surface area contributed by atoms with Crippen molar-refractivity contribution in [2.24, 2.45) is 11.3 Å². The number of fused-ring (bicyclic) bond motifs is 1. The lowest BCUT2D eigenvalue weighted by molar-refractivity contribution is -0.146. The Balaban J connectivity index is 1.43. The number of aromatic nitrogens is 1. The van der Waals surface area contributed by atoms with Gasteiger partial charge in [0.05, 0.1) is 5.60 Å². The first-order valence-electron chi connectivity index (χ1n) is 10.7. The summed E-state index contributed by atoms with van der Waals surface area (Å²) in [4.78, 5) is 15.3. The van der Waals surface area contributed by atoms with Crippen LogP contribution in [0.3, 0.4) is 0 Å². The highest BCUT2D eigenvalue weighted by molar-refractivity contribution is 5.77. The lowest BCUT2D eigenvalue weighted by Gasteiger charge is -2.48. The highest BCUT2D eigenvalue weighted by Crippen LogP contribution is 2.43. The molecule has 4 nitrogen and oxygen atoms in total. The van der Waals surface area contributed by atoms with Crippen molar-refractivity contribution in [3.8, 4) is 0 Å². The van der Waals surface area contributed by atoms with E-state index in [2.05, 4.69) is 34.0 Å². The van der Waals surface area contributed by atoms with Crippen molar-refractivity contribution in [1.82, 2.24) is 9.47 Å². The summed E-state index contributed by atoms with van der Waals surface area (Å²) >= 11 is 0. The quantitative estimate of drug-likeness (QED) is 0.885. The third kappa shape index (κ3) is 3.71. The zero-order valence-electron chi connectivity index (χ0n) is 16.0. The van der Waals surface area contributed by atoms with Gasteiger partial charge in [-0.25, -0.2) is 0 Å². The number of hydrogen-bond donors (Lipinski definition) is 1. The maximum atomic E-state index is 13.2. The standard InChI is InChI=1S/C22H34N2O2/c25-20(24-15-12-22(26)11-5-2-8-19(22)17-24)16-21(9-3-1-4-10-21)18-23-13-6-7-14-23/h6-7,13-14,19,26H,1-5,8-12,15-18H2/t19-,22-/m1/s1. The van der Waals surface area contributed by atoms with Crippen molar-refractivity contribution in [2.75, 3.05) is 13.1 Å². The minimum atomic E-state index is -0.497. The van der Waals surface area contributed by atoms with Gasteiger partial charge in [-0.3, -0.25) is 4.79 Å². The van der Waals surface area contributed by atoms with Crippen LogP contribution < -0.4 is 0 Å². The van der Waals surface area contributed by atoms with Crippen LogP contribution in [-0.4, -0.2) is 39.2 Å². The molecule has 2 heterocycles. The van der Waals surface area contributed by atoms with Crippen molar-refractivity contribution >= 4 is 5.91 Å². The van der Waals surface area contributed by atoms with Gasteiger partial charge in [-0.15, -0.1) is 0 Å². The fourth-order valence-corrected chi connectivity index (χ4v) is 5.79. The Kier molecular flexibility index (Phi) is 5.13. The summed E-state index contributed by atoms with van der Waals surface area (Å²) in [5, 5.41) is 10.9. The molecule has 26 heavy (non-hydrogen) atoms. The van der Waals surface area contributed by atoms with Crippen molar-refractivity contribution in [1.29, 1.82) is 0 Å². The molecule has 1 saturated heterocycles. The van der Waals surface area contributed by atoms with Crippen molar-refractivity contribution in [3.63, 3.8) is 0 Å². The zero-order chi connectivity index (χ0) is 18.0. The molecular formula is C22H34N2O2. The van der Waals surface area contributed by atoms with E-state index in [9.17, 15) is 9.90 Å². The average molecular weight is 359 g/mol. The van der Waals surface area contributed by atoms with E-state index in [1.807, 2.05) is 0 Å². The van der Waals surface area contributed by atoms with E-state index in [0.717, 1.165) is 58.2 Å². The maximum Gasteiger partial charge on any atom is 0.223 e. The van der Waals surface area contributed by atoms with Crippen molar-refractivity contribution in [2.45, 2.75) is 82.8 Å². The summed E-state index contributed by atoms with van der Waals surface area (Å²) in [6.45, 7) is 2.48. The second-order valence-electron chi connectivity index (χ2n) is 9.23. The van der Waals surface area contributed by atoms with E-state index in [1.165, 1.54) is 25.7 Å². The van der Waals surface area contributed by atoms with Gasteiger partial charge in [-0.05, 0) is 49.7 Å². The van der Waals surface area contributed by atoms with E-state index in [1.54, 1.807) is 0 Å². The first kappa shape index (κ1) is 18.1. The van der Waals surface area contributed by atoms with Crippen LogP contribution in [0.15, 0.2) is 24.5 Å². The van der Waals surface area contributed by atoms with Gasteiger partial charge < -0.3 is 14.6 Å². The van der Waals surface area contributed by atoms with Crippen molar-refractivity contribution < 1.29 is 9.90 Å². The van der Waals surface area contributed by atoms with E-state index in [0.29, 0.717) is 18.2 Å². The minimum absolute atomic E-state index is 0.120. The van der Waals surface area contributed by atoms with E-state index in [-0.39, 0.29) is 5.41 Å². The second-order valence-corrected chi connectivity index (χ2v) is 9.23. The van der Waals surface area contributed by atoms with Crippen LogP contribution in [0, 0.1) is 11.3 Å². The molecule has 1 aliphatic heterocycles. The first-order chi connectivity index (χ1) is 12.6. The van der Waals surface area contributed by atoms with Crippen LogP contribution in [0.4, 0.5) is 0 Å².